The molecule has 3 N–H and O–H groups in total. The highest BCUT2D eigenvalue weighted by atomic mass is 32.1. The minimum atomic E-state index is -0.00605. The van der Waals surface area contributed by atoms with Crippen LogP contribution >= 0.6 is 11.3 Å². The van der Waals surface area contributed by atoms with E-state index in [4.69, 9.17) is 5.73 Å². The first kappa shape index (κ1) is 15.4. The molecule has 1 heterocycles. The quantitative estimate of drug-likeness (QED) is 0.875. The predicted molar refractivity (Wildman–Crippen MR) is 81.8 cm³/mol. The monoisotopic (exact) mass is 296 g/mol. The van der Waals surface area contributed by atoms with Crippen LogP contribution in [0.1, 0.15) is 63.3 Å². The van der Waals surface area contributed by atoms with Crippen molar-refractivity contribution in [3.8, 4) is 0 Å². The molecule has 0 radical (unpaired) electrons. The number of amides is 1. The van der Waals surface area contributed by atoms with Gasteiger partial charge in [0.25, 0.3) is 0 Å². The molecule has 1 aliphatic rings. The smallest absolute Gasteiger partial charge is 0.226 e. The molecule has 6 heteroatoms. The second kappa shape index (κ2) is 6.63. The van der Waals surface area contributed by atoms with Crippen LogP contribution in [0.4, 0.5) is 5.13 Å². The molecule has 2 rings (SSSR count). The van der Waals surface area contributed by atoms with Crippen LogP contribution in [0.25, 0.3) is 0 Å². The lowest BCUT2D eigenvalue weighted by Crippen LogP contribution is -2.36. The summed E-state index contributed by atoms with van der Waals surface area (Å²) in [5, 5.41) is 12.5. The van der Waals surface area contributed by atoms with E-state index in [0.717, 1.165) is 17.8 Å². The van der Waals surface area contributed by atoms with Crippen LogP contribution in [0.3, 0.4) is 0 Å². The van der Waals surface area contributed by atoms with Gasteiger partial charge in [-0.15, -0.1) is 10.2 Å². The minimum Gasteiger partial charge on any atom is -0.330 e. The van der Waals surface area contributed by atoms with Gasteiger partial charge in [0.2, 0.25) is 11.0 Å². The van der Waals surface area contributed by atoms with E-state index in [9.17, 15) is 4.79 Å². The number of aromatic nitrogens is 2. The molecular formula is C14H24N4OS. The summed E-state index contributed by atoms with van der Waals surface area (Å²) in [6.07, 6.45) is 6.24. The van der Waals surface area contributed by atoms with Gasteiger partial charge in [0.05, 0.1) is 0 Å². The molecule has 1 amide bonds. The van der Waals surface area contributed by atoms with Crippen molar-refractivity contribution in [2.24, 2.45) is 11.1 Å². The molecular weight excluding hydrogens is 272 g/mol. The normalized spacial score (nSPS) is 18.2. The van der Waals surface area contributed by atoms with Gasteiger partial charge < -0.3 is 11.1 Å². The third kappa shape index (κ3) is 3.76. The fourth-order valence-corrected chi connectivity index (χ4v) is 3.54. The Morgan fingerprint density at radius 1 is 1.35 bits per heavy atom. The third-order valence-corrected chi connectivity index (χ3v) is 5.20. The van der Waals surface area contributed by atoms with Crippen LogP contribution in [0.2, 0.25) is 0 Å². The maximum atomic E-state index is 12.2. The summed E-state index contributed by atoms with van der Waals surface area (Å²) in [6, 6.07) is 0. The van der Waals surface area contributed by atoms with E-state index in [1.165, 1.54) is 30.6 Å². The lowest BCUT2D eigenvalue weighted by atomic mass is 9.72. The van der Waals surface area contributed by atoms with Gasteiger partial charge in [0.15, 0.2) is 0 Å². The standard InChI is InChI=1S/C14H24N4OS/c1-10(2)12-17-18-13(20-12)16-11(19)8-14(9-15)6-4-3-5-7-14/h10H,3-9,15H2,1-2H3,(H,16,18,19). The van der Waals surface area contributed by atoms with Crippen LogP contribution in [0, 0.1) is 5.41 Å². The molecule has 0 atom stereocenters. The Hall–Kier alpha value is -1.01. The SMILES string of the molecule is CC(C)c1nnc(NC(=O)CC2(CN)CCCCC2)s1. The Labute approximate surface area is 124 Å². The molecule has 20 heavy (non-hydrogen) atoms. The Kier molecular flexibility index (Phi) is 5.10. The van der Waals surface area contributed by atoms with Crippen LogP contribution < -0.4 is 11.1 Å². The van der Waals surface area contributed by atoms with Crippen molar-refractivity contribution in [1.82, 2.24) is 10.2 Å². The van der Waals surface area contributed by atoms with E-state index in [-0.39, 0.29) is 11.3 Å². The van der Waals surface area contributed by atoms with Gasteiger partial charge in [-0.05, 0) is 24.8 Å². The molecule has 0 aliphatic heterocycles. The van der Waals surface area contributed by atoms with Crippen molar-refractivity contribution in [1.29, 1.82) is 0 Å². The molecule has 0 unspecified atom stereocenters. The fraction of sp³-hybridized carbons (Fsp3) is 0.786. The van der Waals surface area contributed by atoms with Gasteiger partial charge in [0, 0.05) is 12.3 Å². The zero-order chi connectivity index (χ0) is 14.6. The lowest BCUT2D eigenvalue weighted by molar-refractivity contribution is -0.118. The molecule has 0 saturated heterocycles. The number of carbonyl (C=O) groups excluding carboxylic acids is 1. The van der Waals surface area contributed by atoms with Crippen molar-refractivity contribution >= 4 is 22.4 Å². The Bertz CT molecular complexity index is 452. The summed E-state index contributed by atoms with van der Waals surface area (Å²) in [4.78, 5) is 12.2. The molecule has 1 aromatic heterocycles. The number of nitrogens with one attached hydrogen (secondary N) is 1. The summed E-state index contributed by atoms with van der Waals surface area (Å²) >= 11 is 1.45. The van der Waals surface area contributed by atoms with Crippen molar-refractivity contribution in [3.05, 3.63) is 5.01 Å². The van der Waals surface area contributed by atoms with E-state index in [2.05, 4.69) is 29.4 Å². The Balaban J connectivity index is 1.93. The topological polar surface area (TPSA) is 80.9 Å². The highest BCUT2D eigenvalue weighted by Gasteiger charge is 2.33. The molecule has 1 aromatic rings. The summed E-state index contributed by atoms with van der Waals surface area (Å²) < 4.78 is 0. The van der Waals surface area contributed by atoms with E-state index < -0.39 is 0 Å². The van der Waals surface area contributed by atoms with E-state index >= 15 is 0 Å². The van der Waals surface area contributed by atoms with Crippen LogP contribution in [-0.4, -0.2) is 22.6 Å². The number of nitrogens with two attached hydrogens (primary N) is 1. The van der Waals surface area contributed by atoms with E-state index in [0.29, 0.717) is 24.0 Å². The first-order chi connectivity index (χ1) is 9.54. The zero-order valence-electron chi connectivity index (χ0n) is 12.3. The first-order valence-corrected chi connectivity index (χ1v) is 8.20. The fourth-order valence-electron chi connectivity index (χ4n) is 2.78. The number of hydrogen-bond donors (Lipinski definition) is 2. The Morgan fingerprint density at radius 3 is 2.60 bits per heavy atom. The van der Waals surface area contributed by atoms with Crippen molar-refractivity contribution in [2.75, 3.05) is 11.9 Å². The second-order valence-corrected chi connectivity index (χ2v) is 7.10. The third-order valence-electron chi connectivity index (χ3n) is 4.06. The summed E-state index contributed by atoms with van der Waals surface area (Å²) in [5.74, 6) is 0.357. The van der Waals surface area contributed by atoms with Crippen LogP contribution in [0.5, 0.6) is 0 Å². The zero-order valence-corrected chi connectivity index (χ0v) is 13.1. The molecule has 0 bridgehead atoms. The average molecular weight is 296 g/mol. The highest BCUT2D eigenvalue weighted by molar-refractivity contribution is 7.15. The molecule has 0 spiro atoms. The van der Waals surface area contributed by atoms with Gasteiger partial charge >= 0.3 is 0 Å². The number of hydrogen-bond acceptors (Lipinski definition) is 5. The van der Waals surface area contributed by atoms with Crippen molar-refractivity contribution in [2.45, 2.75) is 58.3 Å². The van der Waals surface area contributed by atoms with E-state index in [1.807, 2.05) is 0 Å². The highest BCUT2D eigenvalue weighted by Crippen LogP contribution is 2.38. The minimum absolute atomic E-state index is 0.00605. The van der Waals surface area contributed by atoms with E-state index in [1.54, 1.807) is 0 Å². The van der Waals surface area contributed by atoms with Gasteiger partial charge in [0.1, 0.15) is 5.01 Å². The summed E-state index contributed by atoms with van der Waals surface area (Å²) in [5.41, 5.74) is 5.91. The van der Waals surface area contributed by atoms with Crippen LogP contribution in [-0.2, 0) is 4.79 Å². The largest absolute Gasteiger partial charge is 0.330 e. The molecule has 1 fully saturated rings. The number of nitrogens with zero attached hydrogens (tertiary/aromatic N) is 2. The first-order valence-electron chi connectivity index (χ1n) is 7.38. The number of rotatable bonds is 5. The van der Waals surface area contributed by atoms with Gasteiger partial charge in [-0.1, -0.05) is 44.4 Å². The maximum Gasteiger partial charge on any atom is 0.226 e. The average Bonchev–Trinajstić information content (AvgIpc) is 2.88. The molecule has 5 nitrogen and oxygen atoms in total. The Morgan fingerprint density at radius 2 is 2.05 bits per heavy atom. The molecule has 0 aromatic carbocycles. The summed E-state index contributed by atoms with van der Waals surface area (Å²) in [6.45, 7) is 4.73. The van der Waals surface area contributed by atoms with Crippen LogP contribution in [0.15, 0.2) is 0 Å². The van der Waals surface area contributed by atoms with Crippen molar-refractivity contribution in [3.63, 3.8) is 0 Å². The van der Waals surface area contributed by atoms with Gasteiger partial charge in [-0.25, -0.2) is 0 Å². The van der Waals surface area contributed by atoms with Crippen molar-refractivity contribution < 1.29 is 4.79 Å². The van der Waals surface area contributed by atoms with Gasteiger partial charge in [-0.2, -0.15) is 0 Å². The second-order valence-electron chi connectivity index (χ2n) is 6.09. The molecule has 1 aliphatic carbocycles. The predicted octanol–water partition coefficient (Wildman–Crippen LogP) is 2.90. The molecule has 1 saturated carbocycles. The molecule has 112 valence electrons. The lowest BCUT2D eigenvalue weighted by Gasteiger charge is -2.35. The van der Waals surface area contributed by atoms with Gasteiger partial charge in [-0.3, -0.25) is 4.79 Å². The summed E-state index contributed by atoms with van der Waals surface area (Å²) in [7, 11) is 0. The number of carbonyl (C=O) groups is 1. The maximum absolute atomic E-state index is 12.2. The number of anilines is 1.